The molecule has 6 heteroatoms. The molecule has 0 saturated heterocycles. The molecule has 0 radical (unpaired) electrons. The minimum Gasteiger partial charge on any atom is -0.350 e. The maximum atomic E-state index is 11.9. The SMILES string of the molecule is CCC(=O)Nc1cccc(C(=O)NCC(C)(C)N)c1.Cl. The summed E-state index contributed by atoms with van der Waals surface area (Å²) in [5.74, 6) is -0.285. The average molecular weight is 300 g/mol. The number of anilines is 1. The van der Waals surface area contributed by atoms with E-state index in [-0.39, 0.29) is 24.2 Å². The Balaban J connectivity index is 0.00000361. The van der Waals surface area contributed by atoms with Crippen molar-refractivity contribution in [2.45, 2.75) is 32.7 Å². The van der Waals surface area contributed by atoms with Crippen molar-refractivity contribution in [3.05, 3.63) is 29.8 Å². The molecule has 0 aromatic heterocycles. The molecule has 0 aliphatic carbocycles. The van der Waals surface area contributed by atoms with E-state index < -0.39 is 5.54 Å². The predicted molar refractivity (Wildman–Crippen MR) is 83.2 cm³/mol. The second kappa shape index (κ2) is 7.87. The highest BCUT2D eigenvalue weighted by Gasteiger charge is 2.13. The number of carbonyl (C=O) groups is 2. The number of nitrogens with two attached hydrogens (primary N) is 1. The Hall–Kier alpha value is -1.59. The van der Waals surface area contributed by atoms with E-state index in [1.807, 2.05) is 13.8 Å². The van der Waals surface area contributed by atoms with Crippen LogP contribution in [0.1, 0.15) is 37.6 Å². The van der Waals surface area contributed by atoms with Crippen LogP contribution in [0.25, 0.3) is 0 Å². The van der Waals surface area contributed by atoms with Gasteiger partial charge in [-0.25, -0.2) is 0 Å². The van der Waals surface area contributed by atoms with Crippen LogP contribution < -0.4 is 16.4 Å². The molecule has 4 N–H and O–H groups in total. The van der Waals surface area contributed by atoms with E-state index in [1.54, 1.807) is 31.2 Å². The Morgan fingerprint density at radius 1 is 1.30 bits per heavy atom. The van der Waals surface area contributed by atoms with Crippen LogP contribution in [0.4, 0.5) is 5.69 Å². The average Bonchev–Trinajstić information content (AvgIpc) is 2.35. The van der Waals surface area contributed by atoms with Gasteiger partial charge in [-0.05, 0) is 32.0 Å². The smallest absolute Gasteiger partial charge is 0.251 e. The highest BCUT2D eigenvalue weighted by Crippen LogP contribution is 2.11. The van der Waals surface area contributed by atoms with Crippen molar-refractivity contribution in [3.63, 3.8) is 0 Å². The number of hydrogen-bond donors (Lipinski definition) is 3. The molecular weight excluding hydrogens is 278 g/mol. The van der Waals surface area contributed by atoms with Gasteiger partial charge in [-0.3, -0.25) is 9.59 Å². The first-order valence-corrected chi connectivity index (χ1v) is 6.29. The van der Waals surface area contributed by atoms with Crippen molar-refractivity contribution in [2.24, 2.45) is 5.73 Å². The van der Waals surface area contributed by atoms with Gasteiger partial charge in [0.15, 0.2) is 0 Å². The van der Waals surface area contributed by atoms with E-state index in [0.29, 0.717) is 24.2 Å². The van der Waals surface area contributed by atoms with Gasteiger partial charge >= 0.3 is 0 Å². The molecule has 20 heavy (non-hydrogen) atoms. The molecule has 0 bridgehead atoms. The third-order valence-electron chi connectivity index (χ3n) is 2.43. The second-order valence-electron chi connectivity index (χ2n) is 5.15. The summed E-state index contributed by atoms with van der Waals surface area (Å²) in [5, 5.41) is 5.47. The van der Waals surface area contributed by atoms with Gasteiger partial charge in [0.25, 0.3) is 5.91 Å². The van der Waals surface area contributed by atoms with Crippen LogP contribution in [-0.4, -0.2) is 23.9 Å². The highest BCUT2D eigenvalue weighted by atomic mass is 35.5. The van der Waals surface area contributed by atoms with Crippen molar-refractivity contribution in [1.82, 2.24) is 5.32 Å². The summed E-state index contributed by atoms with van der Waals surface area (Å²) in [6, 6.07) is 6.82. The van der Waals surface area contributed by atoms with Crippen LogP contribution in [0.2, 0.25) is 0 Å². The molecule has 1 aromatic carbocycles. The third kappa shape index (κ3) is 6.54. The normalized spacial score (nSPS) is 10.4. The number of nitrogens with one attached hydrogen (secondary N) is 2. The molecule has 0 heterocycles. The van der Waals surface area contributed by atoms with Crippen LogP contribution in [0.3, 0.4) is 0 Å². The van der Waals surface area contributed by atoms with Crippen LogP contribution in [0.5, 0.6) is 0 Å². The molecule has 1 rings (SSSR count). The zero-order valence-electron chi connectivity index (χ0n) is 12.0. The third-order valence-corrected chi connectivity index (χ3v) is 2.43. The first-order chi connectivity index (χ1) is 8.81. The molecule has 0 fully saturated rings. The summed E-state index contributed by atoms with van der Waals surface area (Å²) >= 11 is 0. The zero-order chi connectivity index (χ0) is 14.5. The fourth-order valence-corrected chi connectivity index (χ4v) is 1.40. The predicted octanol–water partition coefficient (Wildman–Crippen LogP) is 1.92. The minimum absolute atomic E-state index is 0. The summed E-state index contributed by atoms with van der Waals surface area (Å²) in [5.41, 5.74) is 6.46. The van der Waals surface area contributed by atoms with Crippen LogP contribution in [-0.2, 0) is 4.79 Å². The lowest BCUT2D eigenvalue weighted by Gasteiger charge is -2.19. The van der Waals surface area contributed by atoms with Crippen molar-refractivity contribution < 1.29 is 9.59 Å². The molecule has 0 spiro atoms. The Labute approximate surface area is 125 Å². The summed E-state index contributed by atoms with van der Waals surface area (Å²) in [6.07, 6.45) is 0.401. The quantitative estimate of drug-likeness (QED) is 0.776. The number of carbonyl (C=O) groups excluding carboxylic acids is 2. The number of halogens is 1. The Morgan fingerprint density at radius 2 is 1.95 bits per heavy atom. The van der Waals surface area contributed by atoms with Gasteiger partial charge in [0.05, 0.1) is 0 Å². The van der Waals surface area contributed by atoms with Gasteiger partial charge in [0.1, 0.15) is 0 Å². The fourth-order valence-electron chi connectivity index (χ4n) is 1.40. The fraction of sp³-hybridized carbons (Fsp3) is 0.429. The van der Waals surface area contributed by atoms with Crippen LogP contribution in [0.15, 0.2) is 24.3 Å². The maximum Gasteiger partial charge on any atom is 0.251 e. The lowest BCUT2D eigenvalue weighted by Crippen LogP contribution is -2.45. The van der Waals surface area contributed by atoms with Gasteiger partial charge in [0.2, 0.25) is 5.91 Å². The molecule has 0 saturated carbocycles. The van der Waals surface area contributed by atoms with Crippen LogP contribution >= 0.6 is 12.4 Å². The van der Waals surface area contributed by atoms with Crippen molar-refractivity contribution in [1.29, 1.82) is 0 Å². The molecule has 0 aliphatic heterocycles. The monoisotopic (exact) mass is 299 g/mol. The zero-order valence-corrected chi connectivity index (χ0v) is 12.8. The maximum absolute atomic E-state index is 11.9. The first kappa shape index (κ1) is 18.4. The minimum atomic E-state index is -0.455. The van der Waals surface area contributed by atoms with Crippen molar-refractivity contribution >= 4 is 29.9 Å². The standard InChI is InChI=1S/C14H21N3O2.ClH/c1-4-12(18)17-11-7-5-6-10(8-11)13(19)16-9-14(2,3)15;/h5-8H,4,9,15H2,1-3H3,(H,16,19)(H,17,18);1H. The molecule has 0 aliphatic rings. The molecule has 1 aromatic rings. The number of rotatable bonds is 5. The van der Waals surface area contributed by atoms with E-state index in [9.17, 15) is 9.59 Å². The molecule has 0 unspecified atom stereocenters. The molecule has 5 nitrogen and oxygen atoms in total. The van der Waals surface area contributed by atoms with Gasteiger partial charge in [-0.1, -0.05) is 13.0 Å². The van der Waals surface area contributed by atoms with Gasteiger partial charge < -0.3 is 16.4 Å². The van der Waals surface area contributed by atoms with E-state index >= 15 is 0 Å². The van der Waals surface area contributed by atoms with Gasteiger partial charge in [0, 0.05) is 29.8 Å². The highest BCUT2D eigenvalue weighted by molar-refractivity contribution is 5.97. The van der Waals surface area contributed by atoms with E-state index in [0.717, 1.165) is 0 Å². The summed E-state index contributed by atoms with van der Waals surface area (Å²) in [6.45, 7) is 5.84. The summed E-state index contributed by atoms with van der Waals surface area (Å²) in [4.78, 5) is 23.2. The van der Waals surface area contributed by atoms with E-state index in [4.69, 9.17) is 5.73 Å². The molecule has 112 valence electrons. The Morgan fingerprint density at radius 3 is 2.50 bits per heavy atom. The summed E-state index contributed by atoms with van der Waals surface area (Å²) in [7, 11) is 0. The Bertz CT molecular complexity index is 470. The van der Waals surface area contributed by atoms with Gasteiger partial charge in [-0.2, -0.15) is 0 Å². The lowest BCUT2D eigenvalue weighted by atomic mass is 10.1. The topological polar surface area (TPSA) is 84.2 Å². The molecule has 2 amide bonds. The molecule has 0 atom stereocenters. The second-order valence-corrected chi connectivity index (χ2v) is 5.15. The number of benzene rings is 1. The molecular formula is C14H22ClN3O2. The Kier molecular flexibility index (Phi) is 7.24. The lowest BCUT2D eigenvalue weighted by molar-refractivity contribution is -0.115. The van der Waals surface area contributed by atoms with Gasteiger partial charge in [-0.15, -0.1) is 12.4 Å². The number of hydrogen-bond acceptors (Lipinski definition) is 3. The van der Waals surface area contributed by atoms with E-state index in [2.05, 4.69) is 10.6 Å². The van der Waals surface area contributed by atoms with Crippen LogP contribution in [0, 0.1) is 0 Å². The largest absolute Gasteiger partial charge is 0.350 e. The number of amides is 2. The first-order valence-electron chi connectivity index (χ1n) is 6.29. The van der Waals surface area contributed by atoms with E-state index in [1.165, 1.54) is 0 Å². The van der Waals surface area contributed by atoms with Crippen molar-refractivity contribution in [2.75, 3.05) is 11.9 Å². The van der Waals surface area contributed by atoms with Crippen molar-refractivity contribution in [3.8, 4) is 0 Å². The summed E-state index contributed by atoms with van der Waals surface area (Å²) < 4.78 is 0.